The quantitative estimate of drug-likeness (QED) is 0.816. The fraction of sp³-hybridized carbons (Fsp3) is 0.667. The van der Waals surface area contributed by atoms with Gasteiger partial charge in [-0.1, -0.05) is 29.8 Å². The predicted molar refractivity (Wildman–Crippen MR) is 92.3 cm³/mol. The van der Waals surface area contributed by atoms with Crippen LogP contribution in [0.25, 0.3) is 0 Å². The largest absolute Gasteiger partial charge is 0.390 e. The number of aliphatic hydroxyl groups is 1. The molecule has 1 aliphatic rings. The second-order valence-electron chi connectivity index (χ2n) is 6.76. The number of hydrogen-bond acceptors (Lipinski definition) is 4. The molecule has 0 radical (unpaired) electrons. The average Bonchev–Trinajstić information content (AvgIpc) is 2.49. The second kappa shape index (κ2) is 8.63. The summed E-state index contributed by atoms with van der Waals surface area (Å²) in [6.45, 7) is 9.00. The lowest BCUT2D eigenvalue weighted by molar-refractivity contribution is 0.0610. The summed E-state index contributed by atoms with van der Waals surface area (Å²) in [5, 5.41) is 10.3. The highest BCUT2D eigenvalue weighted by Crippen LogP contribution is 2.05. The van der Waals surface area contributed by atoms with Gasteiger partial charge >= 0.3 is 0 Å². The molecule has 0 amide bonds. The van der Waals surface area contributed by atoms with E-state index in [1.165, 1.54) is 11.1 Å². The fourth-order valence-electron chi connectivity index (χ4n) is 2.91. The number of rotatable bonds is 7. The highest BCUT2D eigenvalue weighted by Gasteiger charge is 2.17. The number of piperazine rings is 1. The summed E-state index contributed by atoms with van der Waals surface area (Å²) in [5.74, 6) is 0. The molecule has 1 unspecified atom stereocenters. The molecular weight excluding hydrogens is 274 g/mol. The first kappa shape index (κ1) is 17.4. The van der Waals surface area contributed by atoms with Crippen LogP contribution in [0.2, 0.25) is 0 Å². The molecule has 1 heterocycles. The first-order valence-corrected chi connectivity index (χ1v) is 8.36. The molecule has 1 atom stereocenters. The molecule has 0 spiro atoms. The zero-order valence-corrected chi connectivity index (χ0v) is 14.3. The molecule has 1 aromatic rings. The van der Waals surface area contributed by atoms with Gasteiger partial charge in [0.05, 0.1) is 6.10 Å². The zero-order valence-electron chi connectivity index (χ0n) is 14.3. The Hall–Kier alpha value is -0.940. The maximum Gasteiger partial charge on any atom is 0.0793 e. The number of β-amino-alcohol motifs (C(OH)–C–C–N with tert-alkyl or cyclic N) is 1. The van der Waals surface area contributed by atoms with Crippen LogP contribution in [0.1, 0.15) is 11.1 Å². The number of benzene rings is 1. The van der Waals surface area contributed by atoms with Gasteiger partial charge in [0, 0.05) is 45.8 Å². The molecule has 1 fully saturated rings. The van der Waals surface area contributed by atoms with Gasteiger partial charge in [0.25, 0.3) is 0 Å². The average molecular weight is 305 g/mol. The van der Waals surface area contributed by atoms with Crippen LogP contribution in [0.3, 0.4) is 0 Å². The number of aliphatic hydroxyl groups excluding tert-OH is 1. The number of nitrogens with zero attached hydrogens (tertiary/aromatic N) is 3. The Balaban J connectivity index is 1.65. The van der Waals surface area contributed by atoms with Crippen LogP contribution in [-0.4, -0.2) is 85.8 Å². The summed E-state index contributed by atoms with van der Waals surface area (Å²) in [6.07, 6.45) is 0.782. The van der Waals surface area contributed by atoms with Gasteiger partial charge in [0.15, 0.2) is 0 Å². The summed E-state index contributed by atoms with van der Waals surface area (Å²) < 4.78 is 0. The first-order valence-electron chi connectivity index (χ1n) is 8.36. The lowest BCUT2D eigenvalue weighted by Gasteiger charge is -2.34. The SMILES string of the molecule is Cc1ccc(CCN(C)CC(O)CN2CCN(C)CC2)cc1. The third-order valence-corrected chi connectivity index (χ3v) is 4.49. The van der Waals surface area contributed by atoms with Crippen molar-refractivity contribution >= 4 is 0 Å². The zero-order chi connectivity index (χ0) is 15.9. The van der Waals surface area contributed by atoms with Crippen LogP contribution in [-0.2, 0) is 6.42 Å². The van der Waals surface area contributed by atoms with Crippen molar-refractivity contribution in [1.29, 1.82) is 0 Å². The van der Waals surface area contributed by atoms with E-state index in [9.17, 15) is 5.11 Å². The van der Waals surface area contributed by atoms with Gasteiger partial charge < -0.3 is 14.9 Å². The molecule has 1 saturated heterocycles. The molecule has 1 aliphatic heterocycles. The van der Waals surface area contributed by atoms with Gasteiger partial charge in [-0.05, 0) is 33.0 Å². The van der Waals surface area contributed by atoms with Crippen LogP contribution in [0, 0.1) is 6.92 Å². The topological polar surface area (TPSA) is 30.0 Å². The number of aryl methyl sites for hydroxylation is 1. The molecule has 0 saturated carbocycles. The van der Waals surface area contributed by atoms with E-state index in [-0.39, 0.29) is 6.10 Å². The van der Waals surface area contributed by atoms with E-state index in [2.05, 4.69) is 60.0 Å². The smallest absolute Gasteiger partial charge is 0.0793 e. The van der Waals surface area contributed by atoms with Gasteiger partial charge in [-0.25, -0.2) is 0 Å². The van der Waals surface area contributed by atoms with Crippen molar-refractivity contribution in [1.82, 2.24) is 14.7 Å². The molecule has 0 aliphatic carbocycles. The second-order valence-corrected chi connectivity index (χ2v) is 6.76. The molecule has 2 rings (SSSR count). The Kier molecular flexibility index (Phi) is 6.83. The fourth-order valence-corrected chi connectivity index (χ4v) is 2.91. The van der Waals surface area contributed by atoms with Crippen LogP contribution >= 0.6 is 0 Å². The van der Waals surface area contributed by atoms with E-state index in [0.29, 0.717) is 0 Å². The molecule has 1 aromatic carbocycles. The summed E-state index contributed by atoms with van der Waals surface area (Å²) >= 11 is 0. The summed E-state index contributed by atoms with van der Waals surface area (Å²) in [6, 6.07) is 8.72. The van der Waals surface area contributed by atoms with E-state index in [1.807, 2.05) is 0 Å². The minimum atomic E-state index is -0.258. The Morgan fingerprint density at radius 2 is 1.77 bits per heavy atom. The Morgan fingerprint density at radius 1 is 1.14 bits per heavy atom. The Morgan fingerprint density at radius 3 is 2.41 bits per heavy atom. The van der Waals surface area contributed by atoms with Crippen molar-refractivity contribution in [2.45, 2.75) is 19.4 Å². The van der Waals surface area contributed by atoms with Crippen molar-refractivity contribution in [3.63, 3.8) is 0 Å². The highest BCUT2D eigenvalue weighted by molar-refractivity contribution is 5.21. The summed E-state index contributed by atoms with van der Waals surface area (Å²) in [5.41, 5.74) is 2.67. The minimum Gasteiger partial charge on any atom is -0.390 e. The van der Waals surface area contributed by atoms with Crippen molar-refractivity contribution in [3.05, 3.63) is 35.4 Å². The normalized spacial score (nSPS) is 18.8. The Bertz CT molecular complexity index is 426. The van der Waals surface area contributed by atoms with Crippen LogP contribution in [0.4, 0.5) is 0 Å². The Labute approximate surface area is 135 Å². The van der Waals surface area contributed by atoms with Gasteiger partial charge in [0.1, 0.15) is 0 Å². The van der Waals surface area contributed by atoms with E-state index in [1.54, 1.807) is 0 Å². The van der Waals surface area contributed by atoms with Gasteiger partial charge in [-0.2, -0.15) is 0 Å². The lowest BCUT2D eigenvalue weighted by atomic mass is 10.1. The third kappa shape index (κ3) is 6.05. The number of likely N-dealkylation sites (N-methyl/N-ethyl adjacent to an activating group) is 2. The molecule has 124 valence electrons. The minimum absolute atomic E-state index is 0.258. The maximum absolute atomic E-state index is 10.3. The van der Waals surface area contributed by atoms with Crippen molar-refractivity contribution in [3.8, 4) is 0 Å². The lowest BCUT2D eigenvalue weighted by Crippen LogP contribution is -2.48. The van der Waals surface area contributed by atoms with E-state index in [4.69, 9.17) is 0 Å². The van der Waals surface area contributed by atoms with Crippen molar-refractivity contribution in [2.24, 2.45) is 0 Å². The van der Waals surface area contributed by atoms with E-state index < -0.39 is 0 Å². The summed E-state index contributed by atoms with van der Waals surface area (Å²) in [7, 11) is 4.26. The van der Waals surface area contributed by atoms with Gasteiger partial charge in [-0.15, -0.1) is 0 Å². The molecule has 4 nitrogen and oxygen atoms in total. The third-order valence-electron chi connectivity index (χ3n) is 4.49. The van der Waals surface area contributed by atoms with Crippen LogP contribution < -0.4 is 0 Å². The standard InChI is InChI=1S/C18H31N3O/c1-16-4-6-17(7-5-16)8-9-20(3)14-18(22)15-21-12-10-19(2)11-13-21/h4-7,18,22H,8-15H2,1-3H3. The van der Waals surface area contributed by atoms with Gasteiger partial charge in [0.2, 0.25) is 0 Å². The monoisotopic (exact) mass is 305 g/mol. The molecule has 22 heavy (non-hydrogen) atoms. The van der Waals surface area contributed by atoms with Crippen molar-refractivity contribution < 1.29 is 5.11 Å². The van der Waals surface area contributed by atoms with Crippen molar-refractivity contribution in [2.75, 3.05) is 59.9 Å². The van der Waals surface area contributed by atoms with E-state index >= 15 is 0 Å². The molecule has 4 heteroatoms. The maximum atomic E-state index is 10.3. The summed E-state index contributed by atoms with van der Waals surface area (Å²) in [4.78, 5) is 6.95. The number of hydrogen-bond donors (Lipinski definition) is 1. The molecule has 1 N–H and O–H groups in total. The van der Waals surface area contributed by atoms with Crippen LogP contribution in [0.5, 0.6) is 0 Å². The predicted octanol–water partition coefficient (Wildman–Crippen LogP) is 1.08. The van der Waals surface area contributed by atoms with Crippen LogP contribution in [0.15, 0.2) is 24.3 Å². The van der Waals surface area contributed by atoms with E-state index in [0.717, 1.165) is 52.2 Å². The molecular formula is C18H31N3O. The first-order chi connectivity index (χ1) is 10.5. The van der Waals surface area contributed by atoms with Gasteiger partial charge in [-0.3, -0.25) is 4.90 Å². The molecule has 0 bridgehead atoms. The highest BCUT2D eigenvalue weighted by atomic mass is 16.3. The molecule has 0 aromatic heterocycles.